The number of nitrogens with one attached hydrogen (secondary N) is 1. The van der Waals surface area contributed by atoms with E-state index in [1.165, 1.54) is 6.07 Å². The third kappa shape index (κ3) is 3.75. The van der Waals surface area contributed by atoms with E-state index in [1.54, 1.807) is 6.07 Å². The van der Waals surface area contributed by atoms with E-state index in [1.807, 2.05) is 24.3 Å². The van der Waals surface area contributed by atoms with Gasteiger partial charge in [0.2, 0.25) is 0 Å². The molecule has 1 nitrogen and oxygen atoms in total. The second-order valence-electron chi connectivity index (χ2n) is 4.27. The van der Waals surface area contributed by atoms with Gasteiger partial charge in [-0.1, -0.05) is 36.4 Å². The standard InChI is InChI=1S/C15H14ClF2N/c16-8-11-3-1-4-12(7-11)9-19-10-13-5-2-6-14(17)15(13)18/h1-7,19H,8-10H2. The topological polar surface area (TPSA) is 12.0 Å². The van der Waals surface area contributed by atoms with Gasteiger partial charge in [-0.3, -0.25) is 0 Å². The fraction of sp³-hybridized carbons (Fsp3) is 0.200. The van der Waals surface area contributed by atoms with E-state index in [4.69, 9.17) is 11.6 Å². The summed E-state index contributed by atoms with van der Waals surface area (Å²) in [6.07, 6.45) is 0. The van der Waals surface area contributed by atoms with Gasteiger partial charge in [-0.25, -0.2) is 8.78 Å². The Labute approximate surface area is 116 Å². The van der Waals surface area contributed by atoms with Gasteiger partial charge < -0.3 is 5.32 Å². The van der Waals surface area contributed by atoms with Crippen molar-refractivity contribution in [1.29, 1.82) is 0 Å². The molecule has 0 spiro atoms. The predicted octanol–water partition coefficient (Wildman–Crippen LogP) is 3.99. The molecule has 0 atom stereocenters. The molecule has 2 aromatic rings. The highest BCUT2D eigenvalue weighted by molar-refractivity contribution is 6.17. The van der Waals surface area contributed by atoms with E-state index in [0.717, 1.165) is 17.2 Å². The summed E-state index contributed by atoms with van der Waals surface area (Å²) in [4.78, 5) is 0. The van der Waals surface area contributed by atoms with Crippen molar-refractivity contribution < 1.29 is 8.78 Å². The van der Waals surface area contributed by atoms with Crippen LogP contribution in [0.15, 0.2) is 42.5 Å². The lowest BCUT2D eigenvalue weighted by Crippen LogP contribution is -2.14. The first-order valence-corrected chi connectivity index (χ1v) is 6.51. The largest absolute Gasteiger partial charge is 0.309 e. The van der Waals surface area contributed by atoms with Gasteiger partial charge >= 0.3 is 0 Å². The Morgan fingerprint density at radius 1 is 0.947 bits per heavy atom. The van der Waals surface area contributed by atoms with Crippen LogP contribution in [0.5, 0.6) is 0 Å². The Morgan fingerprint density at radius 2 is 1.68 bits per heavy atom. The summed E-state index contributed by atoms with van der Waals surface area (Å²) < 4.78 is 26.4. The van der Waals surface area contributed by atoms with Gasteiger partial charge in [0.25, 0.3) is 0 Å². The molecule has 0 aliphatic heterocycles. The summed E-state index contributed by atoms with van der Waals surface area (Å²) in [6, 6.07) is 12.0. The molecule has 2 aromatic carbocycles. The van der Waals surface area contributed by atoms with Crippen LogP contribution in [0.25, 0.3) is 0 Å². The van der Waals surface area contributed by atoms with Crippen LogP contribution in [-0.2, 0) is 19.0 Å². The molecule has 1 N–H and O–H groups in total. The van der Waals surface area contributed by atoms with E-state index in [0.29, 0.717) is 18.0 Å². The maximum Gasteiger partial charge on any atom is 0.163 e. The van der Waals surface area contributed by atoms with Crippen LogP contribution in [0.3, 0.4) is 0 Å². The maximum absolute atomic E-state index is 13.4. The van der Waals surface area contributed by atoms with Crippen molar-refractivity contribution in [1.82, 2.24) is 5.32 Å². The van der Waals surface area contributed by atoms with Crippen molar-refractivity contribution >= 4 is 11.6 Å². The summed E-state index contributed by atoms with van der Waals surface area (Å²) in [7, 11) is 0. The molecule has 0 bridgehead atoms. The highest BCUT2D eigenvalue weighted by atomic mass is 35.5. The van der Waals surface area contributed by atoms with Gasteiger partial charge in [-0.05, 0) is 17.2 Å². The molecule has 0 aromatic heterocycles. The highest BCUT2D eigenvalue weighted by Crippen LogP contribution is 2.12. The summed E-state index contributed by atoms with van der Waals surface area (Å²) in [6.45, 7) is 0.870. The van der Waals surface area contributed by atoms with Gasteiger partial charge in [0, 0.05) is 24.5 Å². The first-order chi connectivity index (χ1) is 9.20. The van der Waals surface area contributed by atoms with E-state index >= 15 is 0 Å². The monoisotopic (exact) mass is 281 g/mol. The molecule has 0 saturated heterocycles. The first-order valence-electron chi connectivity index (χ1n) is 5.98. The second kappa shape index (κ2) is 6.64. The lowest BCUT2D eigenvalue weighted by Gasteiger charge is -2.07. The molecule has 2 rings (SSSR count). The molecule has 0 saturated carbocycles. The molecule has 0 aliphatic carbocycles. The Hall–Kier alpha value is -1.45. The van der Waals surface area contributed by atoms with E-state index < -0.39 is 11.6 Å². The van der Waals surface area contributed by atoms with Gasteiger partial charge in [0.05, 0.1) is 0 Å². The molecule has 0 heterocycles. The van der Waals surface area contributed by atoms with E-state index in [-0.39, 0.29) is 6.54 Å². The normalized spacial score (nSPS) is 10.7. The van der Waals surface area contributed by atoms with Crippen molar-refractivity contribution in [3.8, 4) is 0 Å². The number of hydrogen-bond acceptors (Lipinski definition) is 1. The number of alkyl halides is 1. The molecule has 0 amide bonds. The number of halogens is 3. The van der Waals surface area contributed by atoms with Crippen LogP contribution < -0.4 is 5.32 Å². The highest BCUT2D eigenvalue weighted by Gasteiger charge is 2.06. The number of hydrogen-bond donors (Lipinski definition) is 1. The summed E-state index contributed by atoms with van der Waals surface area (Å²) in [5, 5.41) is 3.09. The van der Waals surface area contributed by atoms with Gasteiger partial charge in [0.15, 0.2) is 11.6 Å². The minimum absolute atomic E-state index is 0.286. The van der Waals surface area contributed by atoms with Crippen LogP contribution in [-0.4, -0.2) is 0 Å². The van der Waals surface area contributed by atoms with Crippen molar-refractivity contribution in [3.05, 3.63) is 70.8 Å². The van der Waals surface area contributed by atoms with Crippen LogP contribution in [0.1, 0.15) is 16.7 Å². The second-order valence-corrected chi connectivity index (χ2v) is 4.54. The Kier molecular flexibility index (Phi) is 4.88. The van der Waals surface area contributed by atoms with Crippen LogP contribution >= 0.6 is 11.6 Å². The number of rotatable bonds is 5. The third-order valence-electron chi connectivity index (χ3n) is 2.82. The lowest BCUT2D eigenvalue weighted by molar-refractivity contribution is 0.492. The third-order valence-corrected chi connectivity index (χ3v) is 3.13. The van der Waals surface area contributed by atoms with Gasteiger partial charge in [-0.2, -0.15) is 0 Å². The minimum Gasteiger partial charge on any atom is -0.309 e. The molecule has 100 valence electrons. The Morgan fingerprint density at radius 3 is 2.47 bits per heavy atom. The zero-order chi connectivity index (χ0) is 13.7. The molecule has 0 fully saturated rings. The molecule has 19 heavy (non-hydrogen) atoms. The summed E-state index contributed by atoms with van der Waals surface area (Å²) in [5.74, 6) is -1.14. The molecular formula is C15H14ClF2N. The quantitative estimate of drug-likeness (QED) is 0.817. The fourth-order valence-corrected chi connectivity index (χ4v) is 2.02. The molecule has 0 radical (unpaired) electrons. The van der Waals surface area contributed by atoms with E-state index in [9.17, 15) is 8.78 Å². The molecule has 4 heteroatoms. The Bertz CT molecular complexity index is 558. The average Bonchev–Trinajstić information content (AvgIpc) is 2.44. The van der Waals surface area contributed by atoms with Crippen molar-refractivity contribution in [2.24, 2.45) is 0 Å². The first kappa shape index (κ1) is 14.0. The summed E-state index contributed by atoms with van der Waals surface area (Å²) in [5.41, 5.74) is 2.43. The SMILES string of the molecule is Fc1cccc(CNCc2cccc(CCl)c2)c1F. The van der Waals surface area contributed by atoms with Crippen LogP contribution in [0, 0.1) is 11.6 Å². The fourth-order valence-electron chi connectivity index (χ4n) is 1.85. The minimum atomic E-state index is -0.816. The molecule has 0 aliphatic rings. The zero-order valence-electron chi connectivity index (χ0n) is 10.3. The molecular weight excluding hydrogens is 268 g/mol. The smallest absolute Gasteiger partial charge is 0.163 e. The summed E-state index contributed by atoms with van der Waals surface area (Å²) >= 11 is 5.76. The average molecular weight is 282 g/mol. The van der Waals surface area contributed by atoms with Crippen molar-refractivity contribution in [2.45, 2.75) is 19.0 Å². The number of benzene rings is 2. The van der Waals surface area contributed by atoms with E-state index in [2.05, 4.69) is 5.32 Å². The maximum atomic E-state index is 13.4. The predicted molar refractivity (Wildman–Crippen MR) is 72.9 cm³/mol. The van der Waals surface area contributed by atoms with Gasteiger partial charge in [-0.15, -0.1) is 11.6 Å². The van der Waals surface area contributed by atoms with Crippen LogP contribution in [0.4, 0.5) is 8.78 Å². The zero-order valence-corrected chi connectivity index (χ0v) is 11.1. The van der Waals surface area contributed by atoms with Crippen LogP contribution in [0.2, 0.25) is 0 Å². The van der Waals surface area contributed by atoms with Gasteiger partial charge in [0.1, 0.15) is 0 Å². The Balaban J connectivity index is 1.94. The molecule has 0 unspecified atom stereocenters. The van der Waals surface area contributed by atoms with Crippen molar-refractivity contribution in [2.75, 3.05) is 0 Å². The van der Waals surface area contributed by atoms with Crippen molar-refractivity contribution in [3.63, 3.8) is 0 Å². The lowest BCUT2D eigenvalue weighted by atomic mass is 10.1.